The average Bonchev–Trinajstić information content (AvgIpc) is 2.51. The second kappa shape index (κ2) is 6.65. The maximum atomic E-state index is 5.47. The highest BCUT2D eigenvalue weighted by Crippen LogP contribution is 2.21. The molecular formula is C15H17BrO3Si. The molecular weight excluding hydrogens is 336 g/mol. The summed E-state index contributed by atoms with van der Waals surface area (Å²) in [6, 6.07) is 16.3. The Morgan fingerprint density at radius 2 is 1.10 bits per heavy atom. The Labute approximate surface area is 129 Å². The van der Waals surface area contributed by atoms with E-state index in [2.05, 4.69) is 40.2 Å². The number of rotatable bonds is 5. The predicted octanol–water partition coefficient (Wildman–Crippen LogP) is 3.20. The number of hydrogen-bond donors (Lipinski definition) is 0. The molecule has 0 bridgehead atoms. The zero-order chi connectivity index (χ0) is 14.6. The molecule has 2 aromatic rings. The Hall–Kier alpha value is -0.983. The zero-order valence-electron chi connectivity index (χ0n) is 11.7. The first-order chi connectivity index (χ1) is 9.65. The minimum absolute atomic E-state index is 0.950. The Kier molecular flexibility index (Phi) is 5.12. The van der Waals surface area contributed by atoms with Gasteiger partial charge in [0.05, 0.1) is 0 Å². The molecule has 0 amide bonds. The maximum absolute atomic E-state index is 5.47. The highest BCUT2D eigenvalue weighted by atomic mass is 79.9. The lowest BCUT2D eigenvalue weighted by Gasteiger charge is -2.24. The number of hydrogen-bond acceptors (Lipinski definition) is 3. The Balaban J connectivity index is 2.32. The molecule has 0 aliphatic carbocycles. The van der Waals surface area contributed by atoms with Crippen molar-refractivity contribution in [3.63, 3.8) is 0 Å². The van der Waals surface area contributed by atoms with Crippen LogP contribution < -0.4 is 5.19 Å². The first-order valence-corrected chi connectivity index (χ1v) is 8.69. The van der Waals surface area contributed by atoms with Crippen molar-refractivity contribution in [2.24, 2.45) is 0 Å². The van der Waals surface area contributed by atoms with Crippen LogP contribution in [0.2, 0.25) is 0 Å². The zero-order valence-corrected chi connectivity index (χ0v) is 14.3. The number of benzene rings is 2. The van der Waals surface area contributed by atoms with Crippen molar-refractivity contribution in [3.8, 4) is 11.1 Å². The molecule has 0 unspecified atom stereocenters. The van der Waals surface area contributed by atoms with E-state index in [4.69, 9.17) is 13.3 Å². The third-order valence-corrected chi connectivity index (χ3v) is 6.40. The van der Waals surface area contributed by atoms with Gasteiger partial charge in [-0.05, 0) is 23.3 Å². The second-order valence-corrected chi connectivity index (χ2v) is 8.08. The van der Waals surface area contributed by atoms with Crippen molar-refractivity contribution in [3.05, 3.63) is 53.0 Å². The highest BCUT2D eigenvalue weighted by molar-refractivity contribution is 9.10. The lowest BCUT2D eigenvalue weighted by molar-refractivity contribution is 0.140. The minimum Gasteiger partial charge on any atom is -0.373 e. The van der Waals surface area contributed by atoms with Crippen molar-refractivity contribution in [1.82, 2.24) is 0 Å². The van der Waals surface area contributed by atoms with E-state index in [9.17, 15) is 0 Å². The lowest BCUT2D eigenvalue weighted by atomic mass is 10.1. The summed E-state index contributed by atoms with van der Waals surface area (Å²) in [6.45, 7) is 0. The molecule has 0 radical (unpaired) electrons. The number of halogens is 1. The van der Waals surface area contributed by atoms with Gasteiger partial charge in [-0.25, -0.2) is 0 Å². The molecule has 2 aromatic carbocycles. The lowest BCUT2D eigenvalue weighted by Crippen LogP contribution is -2.54. The van der Waals surface area contributed by atoms with Gasteiger partial charge in [-0.15, -0.1) is 0 Å². The minimum atomic E-state index is -2.73. The SMILES string of the molecule is CO[Si](OC)(OC)c1ccc(-c2ccc(Br)cc2)cc1. The molecule has 0 N–H and O–H groups in total. The highest BCUT2D eigenvalue weighted by Gasteiger charge is 2.40. The van der Waals surface area contributed by atoms with Gasteiger partial charge in [-0.2, -0.15) is 0 Å². The average molecular weight is 353 g/mol. The first-order valence-electron chi connectivity index (χ1n) is 6.17. The normalized spacial score (nSPS) is 11.6. The van der Waals surface area contributed by atoms with Crippen molar-refractivity contribution in [2.75, 3.05) is 21.3 Å². The van der Waals surface area contributed by atoms with E-state index >= 15 is 0 Å². The Morgan fingerprint density at radius 3 is 1.50 bits per heavy atom. The van der Waals surface area contributed by atoms with Gasteiger partial charge in [-0.3, -0.25) is 0 Å². The smallest absolute Gasteiger partial charge is 0.373 e. The molecule has 0 atom stereocenters. The van der Waals surface area contributed by atoms with Crippen molar-refractivity contribution < 1.29 is 13.3 Å². The standard InChI is InChI=1S/C15H17BrO3Si/c1-17-20(18-2,19-3)15-10-6-13(7-11-15)12-4-8-14(16)9-5-12/h4-11H,1-3H3. The third-order valence-electron chi connectivity index (χ3n) is 3.22. The van der Waals surface area contributed by atoms with Crippen LogP contribution in [0, 0.1) is 0 Å². The summed E-state index contributed by atoms with van der Waals surface area (Å²) in [5, 5.41) is 0.950. The van der Waals surface area contributed by atoms with E-state index in [0.29, 0.717) is 0 Å². The fourth-order valence-corrected chi connectivity index (χ4v) is 4.16. The molecule has 0 aliphatic heterocycles. The largest absolute Gasteiger partial charge is 0.536 e. The van der Waals surface area contributed by atoms with Gasteiger partial charge in [0.2, 0.25) is 0 Å². The van der Waals surface area contributed by atoms with E-state index < -0.39 is 8.80 Å². The van der Waals surface area contributed by atoms with Crippen LogP contribution in [-0.4, -0.2) is 30.1 Å². The van der Waals surface area contributed by atoms with Crippen molar-refractivity contribution in [1.29, 1.82) is 0 Å². The van der Waals surface area contributed by atoms with Gasteiger partial charge in [0, 0.05) is 31.0 Å². The van der Waals surface area contributed by atoms with E-state index in [1.165, 1.54) is 5.56 Å². The van der Waals surface area contributed by atoms with Crippen LogP contribution in [0.1, 0.15) is 0 Å². The van der Waals surface area contributed by atoms with Crippen LogP contribution in [0.25, 0.3) is 11.1 Å². The summed E-state index contributed by atoms with van der Waals surface area (Å²) in [5.74, 6) is 0. The molecule has 0 spiro atoms. The van der Waals surface area contributed by atoms with Crippen LogP contribution in [-0.2, 0) is 13.3 Å². The third kappa shape index (κ3) is 3.02. The molecule has 0 heterocycles. The molecule has 2 rings (SSSR count). The molecule has 3 nitrogen and oxygen atoms in total. The molecule has 0 saturated carbocycles. The maximum Gasteiger partial charge on any atom is 0.536 e. The Bertz CT molecular complexity index is 542. The quantitative estimate of drug-likeness (QED) is 0.773. The first kappa shape index (κ1) is 15.4. The summed E-state index contributed by atoms with van der Waals surface area (Å²) in [6.07, 6.45) is 0. The van der Waals surface area contributed by atoms with Crippen molar-refractivity contribution in [2.45, 2.75) is 0 Å². The van der Waals surface area contributed by atoms with E-state index in [1.807, 2.05) is 24.3 Å². The van der Waals surface area contributed by atoms with Crippen LogP contribution in [0.15, 0.2) is 53.0 Å². The summed E-state index contributed by atoms with van der Waals surface area (Å²) in [7, 11) is 2.11. The Morgan fingerprint density at radius 1 is 0.700 bits per heavy atom. The molecule has 5 heteroatoms. The summed E-state index contributed by atoms with van der Waals surface area (Å²) >= 11 is 3.44. The molecule has 0 saturated heterocycles. The topological polar surface area (TPSA) is 27.7 Å². The summed E-state index contributed by atoms with van der Waals surface area (Å²) < 4.78 is 17.5. The second-order valence-electron chi connectivity index (χ2n) is 4.25. The van der Waals surface area contributed by atoms with Crippen molar-refractivity contribution >= 4 is 29.9 Å². The molecule has 20 heavy (non-hydrogen) atoms. The van der Waals surface area contributed by atoms with E-state index in [-0.39, 0.29) is 0 Å². The van der Waals surface area contributed by atoms with Gasteiger partial charge < -0.3 is 13.3 Å². The van der Waals surface area contributed by atoms with Gasteiger partial charge in [-0.1, -0.05) is 52.3 Å². The van der Waals surface area contributed by atoms with E-state index in [1.54, 1.807) is 21.3 Å². The van der Waals surface area contributed by atoms with Crippen LogP contribution in [0.5, 0.6) is 0 Å². The molecule has 106 valence electrons. The fourth-order valence-electron chi connectivity index (χ4n) is 2.11. The fraction of sp³-hybridized carbons (Fsp3) is 0.200. The monoisotopic (exact) mass is 352 g/mol. The van der Waals surface area contributed by atoms with Gasteiger partial charge in [0.15, 0.2) is 0 Å². The summed E-state index contributed by atoms with van der Waals surface area (Å²) in [5.41, 5.74) is 2.31. The molecule has 0 fully saturated rings. The van der Waals surface area contributed by atoms with Gasteiger partial charge in [0.1, 0.15) is 0 Å². The molecule has 0 aromatic heterocycles. The van der Waals surface area contributed by atoms with E-state index in [0.717, 1.165) is 15.2 Å². The summed E-state index contributed by atoms with van der Waals surface area (Å²) in [4.78, 5) is 0. The van der Waals surface area contributed by atoms with Crippen LogP contribution in [0.3, 0.4) is 0 Å². The van der Waals surface area contributed by atoms with Gasteiger partial charge in [0.25, 0.3) is 0 Å². The van der Waals surface area contributed by atoms with Gasteiger partial charge >= 0.3 is 8.80 Å². The molecule has 0 aliphatic rings. The van der Waals surface area contributed by atoms with Crippen LogP contribution in [0.4, 0.5) is 0 Å². The van der Waals surface area contributed by atoms with Crippen LogP contribution >= 0.6 is 15.9 Å². The predicted molar refractivity (Wildman–Crippen MR) is 86.0 cm³/mol.